The summed E-state index contributed by atoms with van der Waals surface area (Å²) >= 11 is 0.946. The number of carboxylic acid groups (broad SMARTS) is 1. The molecular weight excluding hydrogens is 315 g/mol. The van der Waals surface area contributed by atoms with Crippen molar-refractivity contribution in [2.24, 2.45) is 0 Å². The molecule has 0 aliphatic carbocycles. The Morgan fingerprint density at radius 1 is 1.00 bits per heavy atom. The second-order valence-corrected chi connectivity index (χ2v) is 4.77. The van der Waals surface area contributed by atoms with Crippen LogP contribution in [0.25, 0.3) is 11.6 Å². The van der Waals surface area contributed by atoms with Gasteiger partial charge in [0.2, 0.25) is 5.82 Å². The Morgan fingerprint density at radius 2 is 1.52 bits per heavy atom. The number of aliphatic carboxylic acids is 1. The topological polar surface area (TPSA) is 37.3 Å². The van der Waals surface area contributed by atoms with E-state index in [0.29, 0.717) is 6.08 Å². The van der Waals surface area contributed by atoms with Gasteiger partial charge in [-0.2, -0.15) is 0 Å². The maximum absolute atomic E-state index is 13.5. The van der Waals surface area contributed by atoms with Crippen molar-refractivity contribution in [3.05, 3.63) is 57.0 Å². The molecule has 0 saturated carbocycles. The summed E-state index contributed by atoms with van der Waals surface area (Å²) in [7, 11) is 0. The van der Waals surface area contributed by atoms with Crippen LogP contribution in [0.4, 0.5) is 22.0 Å². The Labute approximate surface area is 118 Å². The zero-order chi connectivity index (χ0) is 15.7. The van der Waals surface area contributed by atoms with Gasteiger partial charge in [-0.3, -0.25) is 0 Å². The summed E-state index contributed by atoms with van der Waals surface area (Å²) in [6, 6.07) is 2.83. The van der Waals surface area contributed by atoms with E-state index in [0.717, 1.165) is 11.3 Å². The molecule has 1 aromatic heterocycles. The highest BCUT2D eigenvalue weighted by atomic mass is 32.1. The molecule has 2 aromatic rings. The van der Waals surface area contributed by atoms with Crippen molar-refractivity contribution in [2.45, 2.75) is 0 Å². The van der Waals surface area contributed by atoms with E-state index in [9.17, 15) is 26.7 Å². The average Bonchev–Trinajstić information content (AvgIpc) is 2.96. The fourth-order valence-corrected chi connectivity index (χ4v) is 2.30. The van der Waals surface area contributed by atoms with Crippen LogP contribution in [0.15, 0.2) is 17.5 Å². The van der Waals surface area contributed by atoms with Crippen molar-refractivity contribution in [1.29, 1.82) is 0 Å². The molecule has 0 fully saturated rings. The minimum atomic E-state index is -2.30. The molecule has 1 N–H and O–H groups in total. The van der Waals surface area contributed by atoms with Crippen LogP contribution in [0.2, 0.25) is 0 Å². The SMILES string of the molecule is O=C(O)/C(=C\c1c(F)c(F)c(F)c(F)c1F)c1cccs1. The number of carbonyl (C=O) groups is 1. The first-order chi connectivity index (χ1) is 9.84. The maximum atomic E-state index is 13.5. The highest BCUT2D eigenvalue weighted by Gasteiger charge is 2.26. The van der Waals surface area contributed by atoms with Gasteiger partial charge in [-0.05, 0) is 17.5 Å². The van der Waals surface area contributed by atoms with E-state index in [-0.39, 0.29) is 4.88 Å². The normalized spacial score (nSPS) is 11.8. The fourth-order valence-electron chi connectivity index (χ4n) is 1.56. The number of carboxylic acids is 1. The van der Waals surface area contributed by atoms with Crippen molar-refractivity contribution in [3.8, 4) is 0 Å². The summed E-state index contributed by atoms with van der Waals surface area (Å²) in [5.41, 5.74) is -1.87. The quantitative estimate of drug-likeness (QED) is 0.401. The van der Waals surface area contributed by atoms with Crippen molar-refractivity contribution in [1.82, 2.24) is 0 Å². The van der Waals surface area contributed by atoms with E-state index in [2.05, 4.69) is 0 Å². The molecule has 0 bridgehead atoms. The minimum absolute atomic E-state index is 0.117. The molecule has 2 nitrogen and oxygen atoms in total. The zero-order valence-electron chi connectivity index (χ0n) is 9.96. The van der Waals surface area contributed by atoms with Crippen LogP contribution in [0, 0.1) is 29.1 Å². The highest BCUT2D eigenvalue weighted by molar-refractivity contribution is 7.11. The van der Waals surface area contributed by atoms with E-state index in [1.807, 2.05) is 0 Å². The monoisotopic (exact) mass is 320 g/mol. The molecule has 8 heteroatoms. The first-order valence-electron chi connectivity index (χ1n) is 5.35. The fraction of sp³-hybridized carbons (Fsp3) is 0. The van der Waals surface area contributed by atoms with E-state index in [1.165, 1.54) is 17.5 Å². The Bertz CT molecular complexity index is 709. The van der Waals surface area contributed by atoms with Crippen molar-refractivity contribution in [3.63, 3.8) is 0 Å². The van der Waals surface area contributed by atoms with Gasteiger partial charge in [0.05, 0.1) is 11.1 Å². The summed E-state index contributed by atoms with van der Waals surface area (Å²) in [6.07, 6.45) is 0.421. The molecule has 0 spiro atoms. The van der Waals surface area contributed by atoms with Crippen molar-refractivity contribution in [2.75, 3.05) is 0 Å². The Balaban J connectivity index is 2.72. The Morgan fingerprint density at radius 3 is 1.95 bits per heavy atom. The first kappa shape index (κ1) is 15.2. The lowest BCUT2D eigenvalue weighted by Crippen LogP contribution is -2.06. The lowest BCUT2D eigenvalue weighted by molar-refractivity contribution is -0.130. The minimum Gasteiger partial charge on any atom is -0.478 e. The third kappa shape index (κ3) is 2.66. The standard InChI is InChI=1S/C13H5F5O2S/c14-8-6(9(15)11(17)12(18)10(8)16)4-5(13(19)20)7-2-1-3-21-7/h1-4H,(H,19,20)/b5-4-. The maximum Gasteiger partial charge on any atom is 0.337 e. The number of hydrogen-bond acceptors (Lipinski definition) is 2. The van der Waals surface area contributed by atoms with Crippen molar-refractivity contribution >= 4 is 29.0 Å². The smallest absolute Gasteiger partial charge is 0.337 e. The van der Waals surface area contributed by atoms with Crippen LogP contribution in [0.3, 0.4) is 0 Å². The van der Waals surface area contributed by atoms with Crippen molar-refractivity contribution < 1.29 is 31.9 Å². The van der Waals surface area contributed by atoms with Crippen LogP contribution in [0.5, 0.6) is 0 Å². The van der Waals surface area contributed by atoms with Gasteiger partial charge in [0.15, 0.2) is 23.3 Å². The third-order valence-electron chi connectivity index (χ3n) is 2.55. The first-order valence-corrected chi connectivity index (χ1v) is 6.22. The van der Waals surface area contributed by atoms with E-state index >= 15 is 0 Å². The Kier molecular flexibility index (Phi) is 4.08. The molecule has 1 aromatic carbocycles. The molecule has 0 aliphatic rings. The molecule has 0 unspecified atom stereocenters. The molecule has 0 aliphatic heterocycles. The van der Waals surface area contributed by atoms with Gasteiger partial charge < -0.3 is 5.11 Å². The van der Waals surface area contributed by atoms with Gasteiger partial charge in [-0.1, -0.05) is 6.07 Å². The predicted octanol–water partition coefficient (Wildman–Crippen LogP) is 4.07. The van der Waals surface area contributed by atoms with Crippen LogP contribution >= 0.6 is 11.3 Å². The van der Waals surface area contributed by atoms with E-state index < -0.39 is 46.2 Å². The summed E-state index contributed by atoms with van der Waals surface area (Å²) < 4.78 is 66.1. The number of rotatable bonds is 3. The number of benzene rings is 1. The number of thiophene rings is 1. The number of halogens is 5. The lowest BCUT2D eigenvalue weighted by atomic mass is 10.1. The van der Waals surface area contributed by atoms with Crippen LogP contribution in [-0.2, 0) is 4.79 Å². The van der Waals surface area contributed by atoms with Crippen LogP contribution in [-0.4, -0.2) is 11.1 Å². The largest absolute Gasteiger partial charge is 0.478 e. The van der Waals surface area contributed by atoms with Gasteiger partial charge in [0, 0.05) is 4.88 Å². The van der Waals surface area contributed by atoms with Crippen LogP contribution in [0.1, 0.15) is 10.4 Å². The average molecular weight is 320 g/mol. The Hall–Kier alpha value is -2.22. The highest BCUT2D eigenvalue weighted by Crippen LogP contribution is 2.28. The summed E-state index contributed by atoms with van der Waals surface area (Å²) in [5, 5.41) is 10.5. The van der Waals surface area contributed by atoms with Gasteiger partial charge in [0.1, 0.15) is 0 Å². The predicted molar refractivity (Wildman–Crippen MR) is 66.1 cm³/mol. The second kappa shape index (κ2) is 5.65. The summed E-state index contributed by atoms with van der Waals surface area (Å²) in [6.45, 7) is 0. The van der Waals surface area contributed by atoms with E-state index in [1.54, 1.807) is 0 Å². The zero-order valence-corrected chi connectivity index (χ0v) is 10.8. The van der Waals surface area contributed by atoms with Gasteiger partial charge >= 0.3 is 5.97 Å². The molecule has 0 radical (unpaired) electrons. The molecule has 2 rings (SSSR count). The van der Waals surface area contributed by atoms with E-state index in [4.69, 9.17) is 5.11 Å². The summed E-state index contributed by atoms with van der Waals surface area (Å²) in [5.74, 6) is -12.3. The molecule has 0 atom stereocenters. The third-order valence-corrected chi connectivity index (χ3v) is 3.45. The molecule has 110 valence electrons. The molecule has 0 amide bonds. The second-order valence-electron chi connectivity index (χ2n) is 3.82. The molecule has 21 heavy (non-hydrogen) atoms. The molecular formula is C13H5F5O2S. The van der Waals surface area contributed by atoms with Gasteiger partial charge in [0.25, 0.3) is 0 Å². The van der Waals surface area contributed by atoms with Gasteiger partial charge in [-0.25, -0.2) is 26.7 Å². The molecule has 0 saturated heterocycles. The van der Waals surface area contributed by atoms with Gasteiger partial charge in [-0.15, -0.1) is 11.3 Å². The number of hydrogen-bond donors (Lipinski definition) is 1. The summed E-state index contributed by atoms with van der Waals surface area (Å²) in [4.78, 5) is 11.2. The lowest BCUT2D eigenvalue weighted by Gasteiger charge is -2.06. The van der Waals surface area contributed by atoms with Crippen LogP contribution < -0.4 is 0 Å². The molecule has 1 heterocycles.